The Morgan fingerprint density at radius 3 is 2.54 bits per heavy atom. The predicted molar refractivity (Wildman–Crippen MR) is 102 cm³/mol. The molecule has 1 fully saturated rings. The number of carbonyl (C=O) groups excluding carboxylic acids is 2. The molecule has 1 saturated heterocycles. The molecule has 1 unspecified atom stereocenters. The van der Waals surface area contributed by atoms with E-state index >= 15 is 0 Å². The molecule has 0 radical (unpaired) electrons. The van der Waals surface area contributed by atoms with E-state index in [1.54, 1.807) is 7.11 Å². The molecule has 2 rings (SSSR count). The van der Waals surface area contributed by atoms with Crippen LogP contribution in [0.3, 0.4) is 0 Å². The Kier molecular flexibility index (Phi) is 7.45. The van der Waals surface area contributed by atoms with Crippen LogP contribution in [0.4, 0.5) is 0 Å². The monoisotopic (exact) mass is 361 g/mol. The second-order valence-electron chi connectivity index (χ2n) is 7.21. The number of ether oxygens (including phenoxy) is 1. The van der Waals surface area contributed by atoms with Gasteiger partial charge in [0, 0.05) is 6.54 Å². The SMILES string of the molecule is COc1ccc(C2CCCCCN2C(=O)CNC(=O)[C@@H](N)C(C)C)cc1. The van der Waals surface area contributed by atoms with Crippen LogP contribution in [0, 0.1) is 5.92 Å². The van der Waals surface area contributed by atoms with Crippen LogP contribution in [0.1, 0.15) is 51.1 Å². The number of carbonyl (C=O) groups is 2. The number of nitrogens with zero attached hydrogens (tertiary/aromatic N) is 1. The van der Waals surface area contributed by atoms with Crippen LogP contribution in [-0.4, -0.2) is 43.0 Å². The lowest BCUT2D eigenvalue weighted by molar-refractivity contribution is -0.135. The molecule has 0 bridgehead atoms. The van der Waals surface area contributed by atoms with Gasteiger partial charge in [0.05, 0.1) is 25.7 Å². The average molecular weight is 361 g/mol. The molecule has 2 atom stereocenters. The van der Waals surface area contributed by atoms with Crippen molar-refractivity contribution in [2.45, 2.75) is 51.6 Å². The predicted octanol–water partition coefficient (Wildman–Crippen LogP) is 2.24. The summed E-state index contributed by atoms with van der Waals surface area (Å²) in [6, 6.07) is 7.32. The number of rotatable bonds is 6. The van der Waals surface area contributed by atoms with Crippen molar-refractivity contribution in [3.63, 3.8) is 0 Å². The second-order valence-corrected chi connectivity index (χ2v) is 7.21. The van der Waals surface area contributed by atoms with E-state index in [0.29, 0.717) is 6.54 Å². The Bertz CT molecular complexity index is 601. The van der Waals surface area contributed by atoms with Crippen LogP contribution >= 0.6 is 0 Å². The van der Waals surface area contributed by atoms with E-state index in [2.05, 4.69) is 5.32 Å². The lowest BCUT2D eigenvalue weighted by Gasteiger charge is -2.31. The Morgan fingerprint density at radius 2 is 1.92 bits per heavy atom. The standard InChI is InChI=1S/C20H31N3O3/c1-14(2)19(21)20(25)22-13-18(24)23-12-6-4-5-7-17(23)15-8-10-16(26-3)11-9-15/h8-11,14,17,19H,4-7,12-13,21H2,1-3H3,(H,22,25)/t17?,19-/m0/s1. The molecule has 6 heteroatoms. The van der Waals surface area contributed by atoms with Crippen molar-refractivity contribution in [1.29, 1.82) is 0 Å². The molecule has 26 heavy (non-hydrogen) atoms. The molecule has 2 amide bonds. The zero-order valence-electron chi connectivity index (χ0n) is 16.0. The number of nitrogens with one attached hydrogen (secondary N) is 1. The van der Waals surface area contributed by atoms with Crippen molar-refractivity contribution >= 4 is 11.8 Å². The molecule has 0 aromatic heterocycles. The van der Waals surface area contributed by atoms with E-state index in [9.17, 15) is 9.59 Å². The Labute approximate surface area is 156 Å². The van der Waals surface area contributed by atoms with Gasteiger partial charge in [0.15, 0.2) is 0 Å². The van der Waals surface area contributed by atoms with E-state index in [0.717, 1.165) is 37.0 Å². The minimum Gasteiger partial charge on any atom is -0.497 e. The van der Waals surface area contributed by atoms with Crippen LogP contribution < -0.4 is 15.8 Å². The van der Waals surface area contributed by atoms with Gasteiger partial charge in [-0.3, -0.25) is 9.59 Å². The third kappa shape index (κ3) is 5.21. The quantitative estimate of drug-likeness (QED) is 0.814. The second kappa shape index (κ2) is 9.57. The number of hydrogen-bond acceptors (Lipinski definition) is 4. The van der Waals surface area contributed by atoms with Crippen molar-refractivity contribution in [3.8, 4) is 5.75 Å². The highest BCUT2D eigenvalue weighted by molar-refractivity contribution is 5.87. The van der Waals surface area contributed by atoms with Gasteiger partial charge in [-0.2, -0.15) is 0 Å². The minimum atomic E-state index is -0.593. The molecular weight excluding hydrogens is 330 g/mol. The number of amides is 2. The first-order chi connectivity index (χ1) is 12.4. The molecule has 3 N–H and O–H groups in total. The normalized spacial score (nSPS) is 19.0. The summed E-state index contributed by atoms with van der Waals surface area (Å²) < 4.78 is 5.22. The lowest BCUT2D eigenvalue weighted by atomic mass is 10.0. The maximum absolute atomic E-state index is 12.8. The zero-order chi connectivity index (χ0) is 19.1. The molecule has 0 saturated carbocycles. The summed E-state index contributed by atoms with van der Waals surface area (Å²) in [7, 11) is 1.64. The highest BCUT2D eigenvalue weighted by Crippen LogP contribution is 2.31. The molecule has 1 aliphatic heterocycles. The van der Waals surface area contributed by atoms with E-state index in [1.807, 2.05) is 43.0 Å². The van der Waals surface area contributed by atoms with E-state index < -0.39 is 6.04 Å². The van der Waals surface area contributed by atoms with Crippen molar-refractivity contribution < 1.29 is 14.3 Å². The van der Waals surface area contributed by atoms with Crippen LogP contribution in [0.2, 0.25) is 0 Å². The Morgan fingerprint density at radius 1 is 1.23 bits per heavy atom. The molecular formula is C20H31N3O3. The first kappa shape index (κ1) is 20.2. The molecule has 1 aromatic carbocycles. The van der Waals surface area contributed by atoms with Crippen LogP contribution in [-0.2, 0) is 9.59 Å². The summed E-state index contributed by atoms with van der Waals surface area (Å²) in [5.74, 6) is 0.506. The van der Waals surface area contributed by atoms with E-state index in [-0.39, 0.29) is 30.3 Å². The topological polar surface area (TPSA) is 84.7 Å². The molecule has 1 heterocycles. The molecule has 1 aliphatic rings. The van der Waals surface area contributed by atoms with Gasteiger partial charge in [0.1, 0.15) is 5.75 Å². The largest absolute Gasteiger partial charge is 0.497 e. The van der Waals surface area contributed by atoms with Gasteiger partial charge < -0.3 is 20.7 Å². The fourth-order valence-electron chi connectivity index (χ4n) is 3.26. The van der Waals surface area contributed by atoms with Gasteiger partial charge >= 0.3 is 0 Å². The number of methoxy groups -OCH3 is 1. The van der Waals surface area contributed by atoms with Gasteiger partial charge in [-0.05, 0) is 36.5 Å². The maximum atomic E-state index is 12.8. The van der Waals surface area contributed by atoms with Crippen molar-refractivity contribution in [2.75, 3.05) is 20.2 Å². The maximum Gasteiger partial charge on any atom is 0.242 e. The van der Waals surface area contributed by atoms with Gasteiger partial charge in [0.2, 0.25) is 11.8 Å². The van der Waals surface area contributed by atoms with Crippen LogP contribution in [0.25, 0.3) is 0 Å². The number of nitrogens with two attached hydrogens (primary N) is 1. The molecule has 0 spiro atoms. The molecule has 144 valence electrons. The van der Waals surface area contributed by atoms with Crippen molar-refractivity contribution in [2.24, 2.45) is 11.7 Å². The van der Waals surface area contributed by atoms with Gasteiger partial charge in [-0.15, -0.1) is 0 Å². The number of benzene rings is 1. The first-order valence-electron chi connectivity index (χ1n) is 9.40. The highest BCUT2D eigenvalue weighted by Gasteiger charge is 2.27. The smallest absolute Gasteiger partial charge is 0.242 e. The Hall–Kier alpha value is -2.08. The Balaban J connectivity index is 2.06. The average Bonchev–Trinajstić information content (AvgIpc) is 2.91. The van der Waals surface area contributed by atoms with Gasteiger partial charge in [-0.25, -0.2) is 0 Å². The van der Waals surface area contributed by atoms with Gasteiger partial charge in [-0.1, -0.05) is 38.8 Å². The lowest BCUT2D eigenvalue weighted by Crippen LogP contribution is -2.48. The van der Waals surface area contributed by atoms with Gasteiger partial charge in [0.25, 0.3) is 0 Å². The van der Waals surface area contributed by atoms with Crippen molar-refractivity contribution in [1.82, 2.24) is 10.2 Å². The molecule has 1 aromatic rings. The zero-order valence-corrected chi connectivity index (χ0v) is 16.0. The molecule has 6 nitrogen and oxygen atoms in total. The number of hydrogen-bond donors (Lipinski definition) is 2. The number of likely N-dealkylation sites (tertiary alicyclic amines) is 1. The third-order valence-electron chi connectivity index (χ3n) is 5.01. The van der Waals surface area contributed by atoms with Crippen LogP contribution in [0.15, 0.2) is 24.3 Å². The first-order valence-corrected chi connectivity index (χ1v) is 9.40. The minimum absolute atomic E-state index is 0.00803. The fraction of sp³-hybridized carbons (Fsp3) is 0.600. The van der Waals surface area contributed by atoms with E-state index in [1.165, 1.54) is 0 Å². The molecule has 0 aliphatic carbocycles. The van der Waals surface area contributed by atoms with E-state index in [4.69, 9.17) is 10.5 Å². The summed E-state index contributed by atoms with van der Waals surface area (Å²) >= 11 is 0. The summed E-state index contributed by atoms with van der Waals surface area (Å²) in [6.45, 7) is 4.48. The summed E-state index contributed by atoms with van der Waals surface area (Å²) in [5.41, 5.74) is 6.95. The highest BCUT2D eigenvalue weighted by atomic mass is 16.5. The van der Waals surface area contributed by atoms with Crippen LogP contribution in [0.5, 0.6) is 5.75 Å². The third-order valence-corrected chi connectivity index (χ3v) is 5.01. The summed E-state index contributed by atoms with van der Waals surface area (Å²) in [4.78, 5) is 26.7. The summed E-state index contributed by atoms with van der Waals surface area (Å²) in [6.07, 6.45) is 4.11. The fourth-order valence-corrected chi connectivity index (χ4v) is 3.26. The van der Waals surface area contributed by atoms with Crippen molar-refractivity contribution in [3.05, 3.63) is 29.8 Å². The summed E-state index contributed by atoms with van der Waals surface area (Å²) in [5, 5.41) is 2.70.